The van der Waals surface area contributed by atoms with Gasteiger partial charge in [0.2, 0.25) is 0 Å². The van der Waals surface area contributed by atoms with E-state index in [4.69, 9.17) is 11.0 Å². The van der Waals surface area contributed by atoms with Crippen LogP contribution in [0.3, 0.4) is 0 Å². The Kier molecular flexibility index (Phi) is 4.38. The Balaban J connectivity index is 3.17. The van der Waals surface area contributed by atoms with Crippen LogP contribution in [0, 0.1) is 18.3 Å². The van der Waals surface area contributed by atoms with Crippen LogP contribution >= 0.6 is 0 Å². The van der Waals surface area contributed by atoms with Gasteiger partial charge in [0.25, 0.3) is 0 Å². The maximum absolute atomic E-state index is 13.0. The van der Waals surface area contributed by atoms with Crippen molar-refractivity contribution in [2.24, 2.45) is 5.73 Å². The van der Waals surface area contributed by atoms with E-state index >= 15 is 0 Å². The Bertz CT molecular complexity index is 509. The number of halogens is 3. The summed E-state index contributed by atoms with van der Waals surface area (Å²) in [5.74, 6) is 0. The fourth-order valence-electron chi connectivity index (χ4n) is 1.63. The zero-order valence-corrected chi connectivity index (χ0v) is 10.8. The Labute approximate surface area is 110 Å². The summed E-state index contributed by atoms with van der Waals surface area (Å²) in [6.07, 6.45) is -4.09. The van der Waals surface area contributed by atoms with Gasteiger partial charge in [0.15, 0.2) is 0 Å². The quantitative estimate of drug-likeness (QED) is 0.911. The highest BCUT2D eigenvalue weighted by atomic mass is 19.4. The first-order chi connectivity index (χ1) is 8.70. The number of benzene rings is 1. The van der Waals surface area contributed by atoms with Crippen molar-refractivity contribution in [2.45, 2.75) is 32.0 Å². The lowest BCUT2D eigenvalue weighted by Gasteiger charge is -2.30. The standard InChI is InChI=1S/C14H15F3N2/c1-10-3-5-12(6-4-10)9-11(2)13(19,7-8-18)14(15,16)17/h3-6,9H,7,19H2,1-2H3/b11-9+. The number of aryl methyl sites for hydroxylation is 1. The van der Waals surface area contributed by atoms with Crippen LogP contribution in [0.4, 0.5) is 13.2 Å². The first-order valence-corrected chi connectivity index (χ1v) is 5.69. The zero-order valence-electron chi connectivity index (χ0n) is 10.8. The molecule has 1 rings (SSSR count). The van der Waals surface area contributed by atoms with Crippen molar-refractivity contribution in [1.29, 1.82) is 5.26 Å². The van der Waals surface area contributed by atoms with Gasteiger partial charge in [-0.3, -0.25) is 0 Å². The second kappa shape index (κ2) is 5.45. The van der Waals surface area contributed by atoms with Crippen LogP contribution in [0.2, 0.25) is 0 Å². The normalized spacial score (nSPS) is 15.7. The SMILES string of the molecule is C/C(=C\c1ccc(C)cc1)C(N)(CC#N)C(F)(F)F. The number of rotatable bonds is 3. The molecule has 0 saturated heterocycles. The van der Waals surface area contributed by atoms with Gasteiger partial charge >= 0.3 is 6.18 Å². The van der Waals surface area contributed by atoms with Gasteiger partial charge in [-0.25, -0.2) is 0 Å². The fraction of sp³-hybridized carbons (Fsp3) is 0.357. The van der Waals surface area contributed by atoms with Crippen molar-refractivity contribution in [3.8, 4) is 6.07 Å². The van der Waals surface area contributed by atoms with Crippen LogP contribution in [0.5, 0.6) is 0 Å². The van der Waals surface area contributed by atoms with E-state index in [1.54, 1.807) is 24.3 Å². The van der Waals surface area contributed by atoms with Crippen LogP contribution in [-0.2, 0) is 0 Å². The van der Waals surface area contributed by atoms with Crippen LogP contribution in [-0.4, -0.2) is 11.7 Å². The Morgan fingerprint density at radius 3 is 2.26 bits per heavy atom. The van der Waals surface area contributed by atoms with E-state index in [1.807, 2.05) is 6.92 Å². The number of nitrogens with two attached hydrogens (primary N) is 1. The Morgan fingerprint density at radius 1 is 1.32 bits per heavy atom. The van der Waals surface area contributed by atoms with Crippen LogP contribution in [0.1, 0.15) is 24.5 Å². The lowest BCUT2D eigenvalue weighted by atomic mass is 9.87. The fourth-order valence-corrected chi connectivity index (χ4v) is 1.63. The molecule has 19 heavy (non-hydrogen) atoms. The lowest BCUT2D eigenvalue weighted by molar-refractivity contribution is -0.173. The molecule has 0 aliphatic carbocycles. The molecule has 0 aliphatic rings. The van der Waals surface area contributed by atoms with Crippen LogP contribution in [0.25, 0.3) is 6.08 Å². The third-order valence-corrected chi connectivity index (χ3v) is 3.03. The highest BCUT2D eigenvalue weighted by Gasteiger charge is 2.53. The minimum atomic E-state index is -4.66. The average molecular weight is 268 g/mol. The third-order valence-electron chi connectivity index (χ3n) is 3.03. The molecular weight excluding hydrogens is 253 g/mol. The molecule has 2 nitrogen and oxygen atoms in total. The highest BCUT2D eigenvalue weighted by Crippen LogP contribution is 2.37. The summed E-state index contributed by atoms with van der Waals surface area (Å²) in [5, 5.41) is 8.56. The summed E-state index contributed by atoms with van der Waals surface area (Å²) in [6.45, 7) is 3.18. The summed E-state index contributed by atoms with van der Waals surface area (Å²) < 4.78 is 39.0. The monoisotopic (exact) mass is 268 g/mol. The second-order valence-corrected chi connectivity index (χ2v) is 4.54. The summed E-state index contributed by atoms with van der Waals surface area (Å²) in [4.78, 5) is 0. The summed E-state index contributed by atoms with van der Waals surface area (Å²) in [7, 11) is 0. The molecule has 0 heterocycles. The van der Waals surface area contributed by atoms with E-state index in [-0.39, 0.29) is 5.57 Å². The molecule has 2 N–H and O–H groups in total. The molecule has 1 aromatic rings. The summed E-state index contributed by atoms with van der Waals surface area (Å²) >= 11 is 0. The third kappa shape index (κ3) is 3.36. The number of alkyl halides is 3. The molecule has 0 bridgehead atoms. The van der Waals surface area contributed by atoms with Gasteiger partial charge in [-0.2, -0.15) is 18.4 Å². The Morgan fingerprint density at radius 2 is 1.84 bits per heavy atom. The molecule has 1 aromatic carbocycles. The van der Waals surface area contributed by atoms with Crippen molar-refractivity contribution < 1.29 is 13.2 Å². The van der Waals surface area contributed by atoms with Crippen LogP contribution in [0.15, 0.2) is 29.8 Å². The minimum absolute atomic E-state index is 0.0783. The number of hydrogen-bond acceptors (Lipinski definition) is 2. The van der Waals surface area contributed by atoms with E-state index < -0.39 is 18.1 Å². The average Bonchev–Trinajstić information content (AvgIpc) is 2.30. The van der Waals surface area contributed by atoms with Gasteiger partial charge in [0.1, 0.15) is 5.54 Å². The second-order valence-electron chi connectivity index (χ2n) is 4.54. The first-order valence-electron chi connectivity index (χ1n) is 5.69. The van der Waals surface area contributed by atoms with E-state index in [0.717, 1.165) is 5.56 Å². The molecule has 5 heteroatoms. The molecule has 1 unspecified atom stereocenters. The molecule has 0 saturated carbocycles. The van der Waals surface area contributed by atoms with Gasteiger partial charge < -0.3 is 5.73 Å². The van der Waals surface area contributed by atoms with Crippen molar-refractivity contribution >= 4 is 6.08 Å². The first kappa shape index (κ1) is 15.3. The van der Waals surface area contributed by atoms with Crippen LogP contribution < -0.4 is 5.73 Å². The van der Waals surface area contributed by atoms with E-state index in [0.29, 0.717) is 5.56 Å². The van der Waals surface area contributed by atoms with E-state index in [9.17, 15) is 13.2 Å². The molecule has 0 aromatic heterocycles. The number of nitrogens with zero attached hydrogens (tertiary/aromatic N) is 1. The predicted molar refractivity (Wildman–Crippen MR) is 68.0 cm³/mol. The largest absolute Gasteiger partial charge is 0.411 e. The highest BCUT2D eigenvalue weighted by molar-refractivity contribution is 5.56. The molecule has 0 radical (unpaired) electrons. The Hall–Kier alpha value is -1.80. The van der Waals surface area contributed by atoms with Crippen molar-refractivity contribution in [1.82, 2.24) is 0 Å². The minimum Gasteiger partial charge on any atom is -0.313 e. The smallest absolute Gasteiger partial charge is 0.313 e. The van der Waals surface area contributed by atoms with Crippen molar-refractivity contribution in [3.05, 3.63) is 41.0 Å². The molecule has 1 atom stereocenters. The molecule has 0 spiro atoms. The van der Waals surface area contributed by atoms with Crippen molar-refractivity contribution in [3.63, 3.8) is 0 Å². The lowest BCUT2D eigenvalue weighted by Crippen LogP contribution is -2.54. The summed E-state index contributed by atoms with van der Waals surface area (Å²) in [5.41, 5.74) is 4.35. The van der Waals surface area contributed by atoms with Gasteiger partial charge in [0, 0.05) is 0 Å². The molecular formula is C14H15F3N2. The maximum atomic E-state index is 13.0. The number of nitriles is 1. The van der Waals surface area contributed by atoms with Gasteiger partial charge in [-0.15, -0.1) is 0 Å². The topological polar surface area (TPSA) is 49.8 Å². The van der Waals surface area contributed by atoms with E-state index in [1.165, 1.54) is 19.1 Å². The molecule has 0 aliphatic heterocycles. The van der Waals surface area contributed by atoms with Gasteiger partial charge in [0.05, 0.1) is 12.5 Å². The molecule has 0 fully saturated rings. The van der Waals surface area contributed by atoms with Gasteiger partial charge in [-0.1, -0.05) is 35.9 Å². The van der Waals surface area contributed by atoms with Gasteiger partial charge in [-0.05, 0) is 25.0 Å². The summed E-state index contributed by atoms with van der Waals surface area (Å²) in [6, 6.07) is 8.53. The predicted octanol–water partition coefficient (Wildman–Crippen LogP) is 3.57. The molecule has 0 amide bonds. The number of hydrogen-bond donors (Lipinski definition) is 1. The van der Waals surface area contributed by atoms with Crippen molar-refractivity contribution in [2.75, 3.05) is 0 Å². The maximum Gasteiger partial charge on any atom is 0.411 e. The van der Waals surface area contributed by atoms with E-state index in [2.05, 4.69) is 0 Å². The zero-order chi connectivity index (χ0) is 14.7. The molecule has 102 valence electrons.